The van der Waals surface area contributed by atoms with Crippen LogP contribution in [0.25, 0.3) is 44.2 Å². The van der Waals surface area contributed by atoms with E-state index in [0.29, 0.717) is 5.56 Å². The zero-order chi connectivity index (χ0) is 19.1. The SMILES string of the molecule is O=Cc1ccc(-c2cnc3c(c2)c(-c2ccc4[nH]ccc4c2)cn3SI)cc1. The van der Waals surface area contributed by atoms with Crippen molar-refractivity contribution in [2.24, 2.45) is 0 Å². The van der Waals surface area contributed by atoms with Crippen LogP contribution in [-0.4, -0.2) is 20.2 Å². The summed E-state index contributed by atoms with van der Waals surface area (Å²) in [6, 6.07) is 18.3. The molecule has 2 aromatic carbocycles. The van der Waals surface area contributed by atoms with E-state index in [2.05, 4.69) is 66.7 Å². The highest BCUT2D eigenvalue weighted by Crippen LogP contribution is 2.36. The van der Waals surface area contributed by atoms with Crippen molar-refractivity contribution in [2.75, 3.05) is 0 Å². The molecule has 28 heavy (non-hydrogen) atoms. The van der Waals surface area contributed by atoms with Crippen LogP contribution in [0.4, 0.5) is 0 Å². The van der Waals surface area contributed by atoms with Crippen LogP contribution in [0.2, 0.25) is 0 Å². The molecule has 0 unspecified atom stereocenters. The maximum absolute atomic E-state index is 10.9. The fraction of sp³-hybridized carbons (Fsp3) is 0. The Labute approximate surface area is 177 Å². The fourth-order valence-electron chi connectivity index (χ4n) is 3.49. The lowest BCUT2D eigenvalue weighted by Gasteiger charge is -2.04. The minimum atomic E-state index is 0.672. The largest absolute Gasteiger partial charge is 0.361 e. The molecule has 0 saturated heterocycles. The number of hydrogen-bond donors (Lipinski definition) is 1. The number of carbonyl (C=O) groups is 1. The van der Waals surface area contributed by atoms with Crippen LogP contribution in [-0.2, 0) is 0 Å². The second-order valence-corrected chi connectivity index (χ2v) is 8.27. The Balaban J connectivity index is 1.70. The van der Waals surface area contributed by atoms with Crippen molar-refractivity contribution in [3.8, 4) is 22.3 Å². The van der Waals surface area contributed by atoms with Crippen molar-refractivity contribution in [3.05, 3.63) is 78.8 Å². The van der Waals surface area contributed by atoms with Gasteiger partial charge < -0.3 is 4.98 Å². The van der Waals surface area contributed by atoms with Gasteiger partial charge in [-0.05, 0) is 40.8 Å². The number of rotatable bonds is 4. The van der Waals surface area contributed by atoms with E-state index in [1.54, 1.807) is 9.12 Å². The number of H-pyrrole nitrogens is 1. The Kier molecular flexibility index (Phi) is 4.44. The summed E-state index contributed by atoms with van der Waals surface area (Å²) in [5, 5.41) is 2.30. The summed E-state index contributed by atoms with van der Waals surface area (Å²) in [5.41, 5.74) is 7.14. The normalized spacial score (nSPS) is 11.3. The number of pyridine rings is 1. The standard InChI is InChI=1S/C22H14IN3OS/c23-28-26-12-20(16-5-6-21-17(9-16)7-8-24-21)19-10-18(11-25-22(19)26)15-3-1-14(13-27)2-4-15/h1-13,24H. The van der Waals surface area contributed by atoms with Crippen LogP contribution in [0.1, 0.15) is 10.4 Å². The van der Waals surface area contributed by atoms with E-state index in [1.165, 1.54) is 5.39 Å². The predicted molar refractivity (Wildman–Crippen MR) is 125 cm³/mol. The Hall–Kier alpha value is -2.58. The summed E-state index contributed by atoms with van der Waals surface area (Å²) in [6.07, 6.45) is 6.85. The average molecular weight is 495 g/mol. The minimum Gasteiger partial charge on any atom is -0.361 e. The predicted octanol–water partition coefficient (Wildman–Crippen LogP) is 6.51. The molecule has 0 aliphatic rings. The number of aromatic amines is 1. The third-order valence-corrected chi connectivity index (χ3v) is 6.63. The van der Waals surface area contributed by atoms with Crippen molar-refractivity contribution in [3.63, 3.8) is 0 Å². The number of hydrogen-bond acceptors (Lipinski definition) is 3. The van der Waals surface area contributed by atoms with Crippen LogP contribution >= 0.6 is 30.3 Å². The molecule has 0 radical (unpaired) electrons. The smallest absolute Gasteiger partial charge is 0.151 e. The average Bonchev–Trinajstić information content (AvgIpc) is 3.37. The lowest BCUT2D eigenvalue weighted by Crippen LogP contribution is -1.86. The lowest BCUT2D eigenvalue weighted by atomic mass is 10.0. The van der Waals surface area contributed by atoms with Gasteiger partial charge in [0.1, 0.15) is 6.29 Å². The summed E-state index contributed by atoms with van der Waals surface area (Å²) < 4.78 is 2.09. The molecular formula is C22H14IN3OS. The quantitative estimate of drug-likeness (QED) is 0.229. The molecule has 4 nitrogen and oxygen atoms in total. The van der Waals surface area contributed by atoms with Gasteiger partial charge in [0.2, 0.25) is 0 Å². The van der Waals surface area contributed by atoms with Gasteiger partial charge in [-0.2, -0.15) is 0 Å². The van der Waals surface area contributed by atoms with E-state index < -0.39 is 0 Å². The van der Waals surface area contributed by atoms with Crippen molar-refractivity contribution in [2.45, 2.75) is 0 Å². The summed E-state index contributed by atoms with van der Waals surface area (Å²) in [5.74, 6) is 0. The van der Waals surface area contributed by atoms with Crippen molar-refractivity contribution >= 4 is 58.5 Å². The van der Waals surface area contributed by atoms with E-state index in [1.807, 2.05) is 36.7 Å². The Bertz CT molecular complexity index is 1320. The molecule has 0 bridgehead atoms. The van der Waals surface area contributed by atoms with Gasteiger partial charge >= 0.3 is 0 Å². The van der Waals surface area contributed by atoms with Crippen molar-refractivity contribution in [1.82, 2.24) is 13.9 Å². The molecule has 0 aliphatic heterocycles. The van der Waals surface area contributed by atoms with Gasteiger partial charge in [-0.15, -0.1) is 0 Å². The number of fused-ring (bicyclic) bond motifs is 2. The van der Waals surface area contributed by atoms with Crippen LogP contribution in [0.15, 0.2) is 73.2 Å². The molecule has 3 heterocycles. The number of nitrogens with one attached hydrogen (secondary N) is 1. The highest BCUT2D eigenvalue weighted by molar-refractivity contribution is 14.2. The van der Waals surface area contributed by atoms with Gasteiger partial charge in [0.15, 0.2) is 5.65 Å². The Morgan fingerprint density at radius 3 is 2.61 bits per heavy atom. The Morgan fingerprint density at radius 1 is 1.00 bits per heavy atom. The van der Waals surface area contributed by atoms with E-state index >= 15 is 0 Å². The molecular weight excluding hydrogens is 481 g/mol. The molecule has 0 spiro atoms. The molecule has 1 N–H and O–H groups in total. The van der Waals surface area contributed by atoms with Crippen LogP contribution in [0, 0.1) is 0 Å². The summed E-state index contributed by atoms with van der Waals surface area (Å²) in [4.78, 5) is 18.9. The number of nitrogens with zero attached hydrogens (tertiary/aromatic N) is 2. The number of carbonyl (C=O) groups excluding carboxylic acids is 1. The van der Waals surface area contributed by atoms with E-state index in [0.717, 1.165) is 45.1 Å². The first-order valence-electron chi connectivity index (χ1n) is 8.70. The van der Waals surface area contributed by atoms with Crippen LogP contribution < -0.4 is 0 Å². The highest BCUT2D eigenvalue weighted by Gasteiger charge is 2.14. The first-order valence-corrected chi connectivity index (χ1v) is 12.0. The third-order valence-electron chi connectivity index (χ3n) is 4.93. The number of halogens is 1. The van der Waals surface area contributed by atoms with E-state index in [9.17, 15) is 4.79 Å². The Morgan fingerprint density at radius 2 is 1.82 bits per heavy atom. The van der Waals surface area contributed by atoms with Crippen LogP contribution in [0.5, 0.6) is 0 Å². The maximum Gasteiger partial charge on any atom is 0.151 e. The molecule has 136 valence electrons. The molecule has 0 aliphatic carbocycles. The van der Waals surface area contributed by atoms with Gasteiger partial charge in [0.25, 0.3) is 0 Å². The fourth-order valence-corrected chi connectivity index (χ4v) is 4.75. The molecule has 6 heteroatoms. The summed E-state index contributed by atoms with van der Waals surface area (Å²) >= 11 is 2.28. The molecule has 3 aromatic heterocycles. The zero-order valence-corrected chi connectivity index (χ0v) is 17.6. The molecule has 0 amide bonds. The molecule has 5 aromatic rings. The van der Waals surface area contributed by atoms with E-state index in [4.69, 9.17) is 4.98 Å². The molecule has 0 saturated carbocycles. The van der Waals surface area contributed by atoms with Gasteiger partial charge in [-0.1, -0.05) is 30.3 Å². The third kappa shape index (κ3) is 2.93. The molecule has 0 fully saturated rings. The summed E-state index contributed by atoms with van der Waals surface area (Å²) in [7, 11) is 1.60. The number of benzene rings is 2. The van der Waals surface area contributed by atoms with Gasteiger partial charge in [-0.25, -0.2) is 4.98 Å². The lowest BCUT2D eigenvalue weighted by molar-refractivity contribution is 0.112. The zero-order valence-electron chi connectivity index (χ0n) is 14.6. The first-order chi connectivity index (χ1) is 13.8. The molecule has 0 atom stereocenters. The molecule has 5 rings (SSSR count). The van der Waals surface area contributed by atoms with Gasteiger partial charge in [0.05, 0.1) is 0 Å². The van der Waals surface area contributed by atoms with Crippen LogP contribution in [0.3, 0.4) is 0 Å². The topological polar surface area (TPSA) is 50.7 Å². The maximum atomic E-state index is 10.9. The van der Waals surface area contributed by atoms with Crippen molar-refractivity contribution < 1.29 is 4.79 Å². The van der Waals surface area contributed by atoms with Crippen molar-refractivity contribution in [1.29, 1.82) is 0 Å². The minimum absolute atomic E-state index is 0.672. The van der Waals surface area contributed by atoms with Gasteiger partial charge in [0, 0.05) is 76.5 Å². The second-order valence-electron chi connectivity index (χ2n) is 6.55. The van der Waals surface area contributed by atoms with E-state index in [-0.39, 0.29) is 0 Å². The summed E-state index contributed by atoms with van der Waals surface area (Å²) in [6.45, 7) is 0. The highest BCUT2D eigenvalue weighted by atomic mass is 127. The monoisotopic (exact) mass is 495 g/mol. The first kappa shape index (κ1) is 17.5. The number of aromatic nitrogens is 3. The van der Waals surface area contributed by atoms with Gasteiger partial charge in [-0.3, -0.25) is 8.77 Å². The second kappa shape index (κ2) is 7.10. The number of aldehydes is 1.